The quantitative estimate of drug-likeness (QED) is 0.648. The second-order valence-electron chi connectivity index (χ2n) is 7.06. The predicted molar refractivity (Wildman–Crippen MR) is 103 cm³/mol. The van der Waals surface area contributed by atoms with Gasteiger partial charge in [-0.1, -0.05) is 18.2 Å². The van der Waals surface area contributed by atoms with E-state index in [0.29, 0.717) is 12.6 Å². The molecule has 9 heteroatoms. The minimum Gasteiger partial charge on any atom is -0.395 e. The van der Waals surface area contributed by atoms with Crippen molar-refractivity contribution in [3.05, 3.63) is 54.1 Å². The third-order valence-electron chi connectivity index (χ3n) is 4.05. The number of carbonyl (C=O) groups is 1. The summed E-state index contributed by atoms with van der Waals surface area (Å²) >= 11 is 0. The summed E-state index contributed by atoms with van der Waals surface area (Å²) in [4.78, 5) is 11.5. The maximum atomic E-state index is 13.7. The fourth-order valence-electron chi connectivity index (χ4n) is 2.27. The minimum absolute atomic E-state index is 0.147. The number of rotatable bonds is 7. The van der Waals surface area contributed by atoms with Gasteiger partial charge >= 0.3 is 0 Å². The lowest BCUT2D eigenvalue weighted by molar-refractivity contribution is -0.125. The summed E-state index contributed by atoms with van der Waals surface area (Å²) in [6.07, 6.45) is 0. The number of aliphatic hydroxyl groups excluding tert-OH is 1. The number of nitrogens with one attached hydrogen (secondary N) is 2. The highest BCUT2D eigenvalue weighted by Crippen LogP contribution is 2.33. The summed E-state index contributed by atoms with van der Waals surface area (Å²) in [5, 5.41) is 11.8. The number of aliphatic hydroxyl groups is 1. The molecule has 152 valence electrons. The molecule has 0 fully saturated rings. The number of benzene rings is 2. The molecule has 0 saturated carbocycles. The molecule has 0 spiro atoms. The Balaban J connectivity index is 2.22. The third-order valence-corrected chi connectivity index (χ3v) is 5.49. The van der Waals surface area contributed by atoms with E-state index in [1.165, 1.54) is 36.4 Å². The molecular formula is C19H22F2N2O4S. The van der Waals surface area contributed by atoms with Gasteiger partial charge in [0.1, 0.15) is 0 Å². The van der Waals surface area contributed by atoms with E-state index in [-0.39, 0.29) is 12.3 Å². The van der Waals surface area contributed by atoms with Crippen LogP contribution in [0, 0.1) is 5.41 Å². The maximum Gasteiger partial charge on any atom is 0.271 e. The highest BCUT2D eigenvalue weighted by atomic mass is 32.2. The van der Waals surface area contributed by atoms with Crippen molar-refractivity contribution in [1.29, 1.82) is 0 Å². The predicted octanol–water partition coefficient (Wildman–Crippen LogP) is 3.56. The van der Waals surface area contributed by atoms with E-state index >= 15 is 0 Å². The van der Waals surface area contributed by atoms with E-state index in [1.54, 1.807) is 13.8 Å². The van der Waals surface area contributed by atoms with Gasteiger partial charge in [0.2, 0.25) is 5.91 Å². The van der Waals surface area contributed by atoms with Gasteiger partial charge in [-0.2, -0.15) is 0 Å². The second kappa shape index (κ2) is 7.84. The molecule has 0 aliphatic carbocycles. The number of anilines is 2. The normalized spacial score (nSPS) is 12.5. The Labute approximate surface area is 162 Å². The van der Waals surface area contributed by atoms with E-state index in [4.69, 9.17) is 0 Å². The summed E-state index contributed by atoms with van der Waals surface area (Å²) in [6.45, 7) is 3.45. The molecule has 0 radical (unpaired) electrons. The van der Waals surface area contributed by atoms with E-state index in [1.807, 2.05) is 0 Å². The summed E-state index contributed by atoms with van der Waals surface area (Å²) in [7, 11) is -4.24. The molecule has 6 nitrogen and oxygen atoms in total. The van der Waals surface area contributed by atoms with Gasteiger partial charge in [-0.25, -0.2) is 17.2 Å². The fourth-order valence-corrected chi connectivity index (χ4v) is 3.62. The Bertz CT molecular complexity index is 953. The molecule has 0 unspecified atom stereocenters. The standard InChI is InChI=1S/C19H22F2N2O4S/c1-18(2,12-24)17(25)22-13-8-10-14(11-9-13)23-28(26,27)16-7-5-4-6-15(16)19(3,20)21/h4-11,23-24H,12H2,1-3H3,(H,22,25). The molecule has 0 bridgehead atoms. The van der Waals surface area contributed by atoms with Gasteiger partial charge in [0.15, 0.2) is 0 Å². The second-order valence-corrected chi connectivity index (χ2v) is 8.71. The number of carbonyl (C=O) groups excluding carboxylic acids is 1. The van der Waals surface area contributed by atoms with E-state index in [0.717, 1.165) is 12.1 Å². The lowest BCUT2D eigenvalue weighted by Gasteiger charge is -2.20. The van der Waals surface area contributed by atoms with Crippen LogP contribution < -0.4 is 10.0 Å². The van der Waals surface area contributed by atoms with Crippen molar-refractivity contribution in [3.63, 3.8) is 0 Å². The first-order valence-corrected chi connectivity index (χ1v) is 9.88. The highest BCUT2D eigenvalue weighted by Gasteiger charge is 2.32. The van der Waals surface area contributed by atoms with Crippen LogP contribution in [0.3, 0.4) is 0 Å². The Morgan fingerprint density at radius 2 is 1.54 bits per heavy atom. The molecular weight excluding hydrogens is 390 g/mol. The zero-order chi connectivity index (χ0) is 21.2. The van der Waals surface area contributed by atoms with E-state index in [2.05, 4.69) is 10.0 Å². The summed E-state index contributed by atoms with van der Waals surface area (Å²) in [5.74, 6) is -3.72. The zero-order valence-electron chi connectivity index (χ0n) is 15.7. The van der Waals surface area contributed by atoms with Crippen molar-refractivity contribution in [2.75, 3.05) is 16.6 Å². The van der Waals surface area contributed by atoms with Crippen LogP contribution in [0.1, 0.15) is 26.3 Å². The smallest absolute Gasteiger partial charge is 0.271 e. The van der Waals surface area contributed by atoms with Crippen LogP contribution in [-0.4, -0.2) is 26.0 Å². The number of hydrogen-bond donors (Lipinski definition) is 3. The van der Waals surface area contributed by atoms with E-state index in [9.17, 15) is 27.1 Å². The lowest BCUT2D eigenvalue weighted by Crippen LogP contribution is -2.33. The molecule has 0 aliphatic heterocycles. The van der Waals surface area contributed by atoms with Gasteiger partial charge < -0.3 is 10.4 Å². The molecule has 3 N–H and O–H groups in total. The van der Waals surface area contributed by atoms with Crippen LogP contribution in [0.25, 0.3) is 0 Å². The Hall–Kier alpha value is -2.52. The van der Waals surface area contributed by atoms with E-state index < -0.39 is 37.7 Å². The third kappa shape index (κ3) is 5.05. The average Bonchev–Trinajstić information content (AvgIpc) is 2.62. The van der Waals surface area contributed by atoms with Crippen molar-refractivity contribution < 1.29 is 27.1 Å². The lowest BCUT2D eigenvalue weighted by atomic mass is 9.93. The number of alkyl halides is 2. The molecule has 2 aromatic carbocycles. The summed E-state index contributed by atoms with van der Waals surface area (Å²) in [6, 6.07) is 10.6. The molecule has 1 amide bonds. The molecule has 2 aromatic rings. The van der Waals surface area contributed by atoms with Gasteiger partial charge in [-0.05, 0) is 44.2 Å². The number of sulfonamides is 1. The van der Waals surface area contributed by atoms with Crippen LogP contribution in [-0.2, 0) is 20.7 Å². The average molecular weight is 412 g/mol. The summed E-state index contributed by atoms with van der Waals surface area (Å²) in [5.41, 5.74) is -1.03. The van der Waals surface area contributed by atoms with Gasteiger partial charge in [-0.3, -0.25) is 9.52 Å². The van der Waals surface area contributed by atoms with Crippen LogP contribution in [0.5, 0.6) is 0 Å². The first kappa shape index (κ1) is 21.8. The van der Waals surface area contributed by atoms with Crippen molar-refractivity contribution >= 4 is 27.3 Å². The van der Waals surface area contributed by atoms with Crippen LogP contribution in [0.15, 0.2) is 53.4 Å². The first-order chi connectivity index (χ1) is 12.9. The highest BCUT2D eigenvalue weighted by molar-refractivity contribution is 7.92. The van der Waals surface area contributed by atoms with Crippen LogP contribution in [0.4, 0.5) is 20.2 Å². The molecule has 0 heterocycles. The first-order valence-electron chi connectivity index (χ1n) is 8.39. The maximum absolute atomic E-state index is 13.7. The minimum atomic E-state index is -4.24. The molecule has 0 aromatic heterocycles. The molecule has 0 saturated heterocycles. The monoisotopic (exact) mass is 412 g/mol. The molecule has 0 atom stereocenters. The fraction of sp³-hybridized carbons (Fsp3) is 0.316. The SMILES string of the molecule is CC(C)(CO)C(=O)Nc1ccc(NS(=O)(=O)c2ccccc2C(C)(F)F)cc1. The van der Waals surface area contributed by atoms with Crippen molar-refractivity contribution in [1.82, 2.24) is 0 Å². The Kier molecular flexibility index (Phi) is 6.10. The Morgan fingerprint density at radius 1 is 1.00 bits per heavy atom. The molecule has 2 rings (SSSR count). The number of hydrogen-bond acceptors (Lipinski definition) is 4. The topological polar surface area (TPSA) is 95.5 Å². The van der Waals surface area contributed by atoms with Crippen molar-refractivity contribution in [2.24, 2.45) is 5.41 Å². The van der Waals surface area contributed by atoms with Gasteiger partial charge in [-0.15, -0.1) is 0 Å². The zero-order valence-corrected chi connectivity index (χ0v) is 16.5. The van der Waals surface area contributed by atoms with Crippen LogP contribution >= 0.6 is 0 Å². The van der Waals surface area contributed by atoms with Gasteiger partial charge in [0, 0.05) is 23.9 Å². The van der Waals surface area contributed by atoms with Crippen molar-refractivity contribution in [3.8, 4) is 0 Å². The van der Waals surface area contributed by atoms with Crippen LogP contribution in [0.2, 0.25) is 0 Å². The number of amides is 1. The Morgan fingerprint density at radius 3 is 2.07 bits per heavy atom. The largest absolute Gasteiger partial charge is 0.395 e. The molecule has 28 heavy (non-hydrogen) atoms. The number of halogens is 2. The van der Waals surface area contributed by atoms with Gasteiger partial charge in [0.05, 0.1) is 16.9 Å². The van der Waals surface area contributed by atoms with Crippen molar-refractivity contribution in [2.45, 2.75) is 31.6 Å². The molecule has 0 aliphatic rings. The summed E-state index contributed by atoms with van der Waals surface area (Å²) < 4.78 is 54.8. The van der Waals surface area contributed by atoms with Gasteiger partial charge in [0.25, 0.3) is 15.9 Å².